The molecule has 3 aromatic heterocycles. The van der Waals surface area contributed by atoms with Gasteiger partial charge in [-0.05, 0) is 30.0 Å². The molecule has 4 rings (SSSR count). The van der Waals surface area contributed by atoms with Crippen molar-refractivity contribution in [3.63, 3.8) is 0 Å². The fourth-order valence-corrected chi connectivity index (χ4v) is 5.80. The Morgan fingerprint density at radius 2 is 1.93 bits per heavy atom. The number of hydrogen-bond acceptors (Lipinski definition) is 6. The molecule has 27 heavy (non-hydrogen) atoms. The summed E-state index contributed by atoms with van der Waals surface area (Å²) in [6, 6.07) is 8.71. The molecule has 0 radical (unpaired) electrons. The van der Waals surface area contributed by atoms with Gasteiger partial charge in [0, 0.05) is 45.0 Å². The second-order valence-electron chi connectivity index (χ2n) is 6.63. The van der Waals surface area contributed by atoms with Crippen LogP contribution in [0, 0.1) is 6.92 Å². The van der Waals surface area contributed by atoms with E-state index in [1.54, 1.807) is 34.2 Å². The molecule has 0 bridgehead atoms. The van der Waals surface area contributed by atoms with Gasteiger partial charge in [-0.25, -0.2) is 13.4 Å². The van der Waals surface area contributed by atoms with E-state index in [-0.39, 0.29) is 5.56 Å². The van der Waals surface area contributed by atoms with Crippen LogP contribution in [0.2, 0.25) is 0 Å². The SMILES string of the molecule is Cc1ccc2nc(CN3CCN(S(=O)(=O)c4cccs4)CC3)cc(=O)n2c1. The lowest BCUT2D eigenvalue weighted by atomic mass is 10.3. The first-order valence-electron chi connectivity index (χ1n) is 8.68. The number of sulfonamides is 1. The quantitative estimate of drug-likeness (QED) is 0.660. The van der Waals surface area contributed by atoms with E-state index >= 15 is 0 Å². The zero-order valence-electron chi connectivity index (χ0n) is 14.9. The first-order chi connectivity index (χ1) is 12.9. The average Bonchev–Trinajstić information content (AvgIpc) is 3.18. The number of fused-ring (bicyclic) bond motifs is 1. The number of aryl methyl sites for hydroxylation is 1. The van der Waals surface area contributed by atoms with Crippen molar-refractivity contribution in [2.45, 2.75) is 17.7 Å². The largest absolute Gasteiger partial charge is 0.295 e. The predicted octanol–water partition coefficient (Wildman–Crippen LogP) is 1.57. The molecule has 4 heterocycles. The maximum absolute atomic E-state index is 12.6. The Hall–Kier alpha value is -2.07. The van der Waals surface area contributed by atoms with Crippen molar-refractivity contribution in [1.29, 1.82) is 0 Å². The van der Waals surface area contributed by atoms with Crippen LogP contribution in [0.15, 0.2) is 50.9 Å². The van der Waals surface area contributed by atoms with Gasteiger partial charge >= 0.3 is 0 Å². The summed E-state index contributed by atoms with van der Waals surface area (Å²) in [5, 5.41) is 1.77. The summed E-state index contributed by atoms with van der Waals surface area (Å²) in [4.78, 5) is 19.0. The Kier molecular flexibility index (Phi) is 4.85. The molecule has 0 amide bonds. The zero-order valence-corrected chi connectivity index (χ0v) is 16.5. The maximum atomic E-state index is 12.6. The molecule has 0 spiro atoms. The molecule has 3 aromatic rings. The van der Waals surface area contributed by atoms with Gasteiger partial charge in [-0.1, -0.05) is 12.1 Å². The number of hydrogen-bond donors (Lipinski definition) is 0. The summed E-state index contributed by atoms with van der Waals surface area (Å²) in [6.45, 7) is 4.56. The van der Waals surface area contributed by atoms with Crippen LogP contribution in [0.5, 0.6) is 0 Å². The highest BCUT2D eigenvalue weighted by molar-refractivity contribution is 7.91. The molecule has 7 nitrogen and oxygen atoms in total. The van der Waals surface area contributed by atoms with Crippen LogP contribution in [-0.4, -0.2) is 53.2 Å². The maximum Gasteiger partial charge on any atom is 0.258 e. The van der Waals surface area contributed by atoms with Crippen LogP contribution >= 0.6 is 11.3 Å². The number of thiophene rings is 1. The van der Waals surface area contributed by atoms with Crippen LogP contribution in [0.1, 0.15) is 11.3 Å². The average molecular weight is 405 g/mol. The van der Waals surface area contributed by atoms with E-state index in [0.29, 0.717) is 48.3 Å². The van der Waals surface area contributed by atoms with Crippen molar-refractivity contribution < 1.29 is 8.42 Å². The lowest BCUT2D eigenvalue weighted by molar-refractivity contribution is 0.180. The van der Waals surface area contributed by atoms with Gasteiger partial charge in [0.2, 0.25) is 0 Å². The summed E-state index contributed by atoms with van der Waals surface area (Å²) in [5.74, 6) is 0. The summed E-state index contributed by atoms with van der Waals surface area (Å²) in [6.07, 6.45) is 1.78. The Morgan fingerprint density at radius 3 is 2.63 bits per heavy atom. The summed E-state index contributed by atoms with van der Waals surface area (Å²) in [7, 11) is -3.40. The highest BCUT2D eigenvalue weighted by Gasteiger charge is 2.29. The monoisotopic (exact) mass is 404 g/mol. The normalized spacial score (nSPS) is 16.8. The minimum atomic E-state index is -3.40. The molecular formula is C18H20N4O3S2. The molecule has 0 N–H and O–H groups in total. The third-order valence-corrected chi connectivity index (χ3v) is 7.94. The van der Waals surface area contributed by atoms with E-state index in [2.05, 4.69) is 9.88 Å². The van der Waals surface area contributed by atoms with Gasteiger partial charge in [0.15, 0.2) is 0 Å². The van der Waals surface area contributed by atoms with Crippen molar-refractivity contribution in [3.8, 4) is 0 Å². The Balaban J connectivity index is 1.46. The highest BCUT2D eigenvalue weighted by atomic mass is 32.2. The van der Waals surface area contributed by atoms with Crippen molar-refractivity contribution in [1.82, 2.24) is 18.6 Å². The highest BCUT2D eigenvalue weighted by Crippen LogP contribution is 2.22. The van der Waals surface area contributed by atoms with Crippen molar-refractivity contribution in [3.05, 3.63) is 63.5 Å². The Bertz CT molecular complexity index is 1120. The van der Waals surface area contributed by atoms with Gasteiger partial charge in [-0.2, -0.15) is 4.31 Å². The summed E-state index contributed by atoms with van der Waals surface area (Å²) >= 11 is 1.24. The third kappa shape index (κ3) is 3.68. The van der Waals surface area contributed by atoms with Gasteiger partial charge < -0.3 is 0 Å². The van der Waals surface area contributed by atoms with Gasteiger partial charge in [0.05, 0.1) is 5.69 Å². The van der Waals surface area contributed by atoms with Gasteiger partial charge in [-0.15, -0.1) is 11.3 Å². The van der Waals surface area contributed by atoms with Crippen LogP contribution in [0.3, 0.4) is 0 Å². The Labute approximate surface area is 161 Å². The standard InChI is InChI=1S/C18H20N4O3S2/c1-14-4-5-16-19-15(11-17(23)22(16)12-14)13-20-6-8-21(9-7-20)27(24,25)18-3-2-10-26-18/h2-5,10-12H,6-9,13H2,1H3. The van der Waals surface area contributed by atoms with Crippen molar-refractivity contribution in [2.75, 3.05) is 26.2 Å². The van der Waals surface area contributed by atoms with Gasteiger partial charge in [0.1, 0.15) is 9.86 Å². The smallest absolute Gasteiger partial charge is 0.258 e. The van der Waals surface area contributed by atoms with Crippen LogP contribution in [0.4, 0.5) is 0 Å². The number of nitrogens with zero attached hydrogens (tertiary/aromatic N) is 4. The molecule has 9 heteroatoms. The molecular weight excluding hydrogens is 384 g/mol. The van der Waals surface area contributed by atoms with Crippen LogP contribution in [0.25, 0.3) is 5.65 Å². The van der Waals surface area contributed by atoms with E-state index in [9.17, 15) is 13.2 Å². The lowest BCUT2D eigenvalue weighted by Crippen LogP contribution is -2.48. The lowest BCUT2D eigenvalue weighted by Gasteiger charge is -2.33. The van der Waals surface area contributed by atoms with E-state index in [1.807, 2.05) is 19.1 Å². The molecule has 1 fully saturated rings. The first-order valence-corrected chi connectivity index (χ1v) is 11.0. The number of piperazine rings is 1. The third-order valence-electron chi connectivity index (χ3n) is 4.67. The van der Waals surface area contributed by atoms with Crippen molar-refractivity contribution >= 4 is 27.0 Å². The summed E-state index contributed by atoms with van der Waals surface area (Å²) in [5.41, 5.74) is 2.24. The van der Waals surface area contributed by atoms with Gasteiger partial charge in [-0.3, -0.25) is 14.1 Å². The van der Waals surface area contributed by atoms with Crippen molar-refractivity contribution in [2.24, 2.45) is 0 Å². The molecule has 1 aliphatic heterocycles. The fourth-order valence-electron chi connectivity index (χ4n) is 3.23. The zero-order chi connectivity index (χ0) is 19.0. The second kappa shape index (κ2) is 7.16. The molecule has 0 aromatic carbocycles. The minimum absolute atomic E-state index is 0.0994. The molecule has 1 saturated heterocycles. The second-order valence-corrected chi connectivity index (χ2v) is 9.75. The molecule has 1 aliphatic rings. The summed E-state index contributed by atoms with van der Waals surface area (Å²) < 4.78 is 28.6. The van der Waals surface area contributed by atoms with E-state index in [0.717, 1.165) is 5.56 Å². The molecule has 0 unspecified atom stereocenters. The van der Waals surface area contributed by atoms with E-state index in [4.69, 9.17) is 0 Å². The number of aromatic nitrogens is 2. The van der Waals surface area contributed by atoms with Gasteiger partial charge in [0.25, 0.3) is 15.6 Å². The van der Waals surface area contributed by atoms with E-state index in [1.165, 1.54) is 15.6 Å². The molecule has 142 valence electrons. The number of rotatable bonds is 4. The molecule has 0 aliphatic carbocycles. The number of pyridine rings is 1. The predicted molar refractivity (Wildman–Crippen MR) is 105 cm³/mol. The molecule has 0 saturated carbocycles. The van der Waals surface area contributed by atoms with Crippen LogP contribution in [-0.2, 0) is 16.6 Å². The Morgan fingerprint density at radius 1 is 1.15 bits per heavy atom. The fraction of sp³-hybridized carbons (Fsp3) is 0.333. The topological polar surface area (TPSA) is 75.0 Å². The minimum Gasteiger partial charge on any atom is -0.295 e. The van der Waals surface area contributed by atoms with Crippen LogP contribution < -0.4 is 5.56 Å². The molecule has 0 atom stereocenters. The van der Waals surface area contributed by atoms with E-state index < -0.39 is 10.0 Å². The first kappa shape index (κ1) is 18.3.